The van der Waals surface area contributed by atoms with Crippen molar-refractivity contribution in [1.29, 1.82) is 0 Å². The molecule has 0 spiro atoms. The molecule has 1 heterocycles. The molecule has 54 valence electrons. The van der Waals surface area contributed by atoms with E-state index in [1.807, 2.05) is 0 Å². The van der Waals surface area contributed by atoms with E-state index in [0.717, 1.165) is 11.5 Å². The summed E-state index contributed by atoms with van der Waals surface area (Å²) in [6.07, 6.45) is 1.28. The summed E-state index contributed by atoms with van der Waals surface area (Å²) in [5.74, 6) is -0.109. The molecule has 4 nitrogen and oxygen atoms in total. The molecule has 5 heteroatoms. The van der Waals surface area contributed by atoms with Crippen molar-refractivity contribution < 1.29 is 14.4 Å². The van der Waals surface area contributed by atoms with E-state index in [2.05, 4.69) is 4.84 Å². The summed E-state index contributed by atoms with van der Waals surface area (Å²) in [7, 11) is 0. The van der Waals surface area contributed by atoms with Crippen LogP contribution < -0.4 is 0 Å². The Morgan fingerprint density at radius 2 is 2.30 bits per heavy atom. The number of rotatable bonds is 2. The topological polar surface area (TPSA) is 46.6 Å². The van der Waals surface area contributed by atoms with E-state index in [-0.39, 0.29) is 35.4 Å². The number of hydroxylamine groups is 2. The van der Waals surface area contributed by atoms with Crippen LogP contribution >= 0.6 is 0 Å². The minimum atomic E-state index is -0.109. The van der Waals surface area contributed by atoms with Crippen molar-refractivity contribution in [2.24, 2.45) is 0 Å². The molecule has 0 saturated carbocycles. The molecular formula is C5H9MgNO3. The van der Waals surface area contributed by atoms with Crippen LogP contribution in [0.1, 0.15) is 12.8 Å². The molecule has 1 saturated heterocycles. The predicted octanol–water partition coefficient (Wildman–Crippen LogP) is -1.22. The third-order valence-corrected chi connectivity index (χ3v) is 1.20. The average molecular weight is 155 g/mol. The number of hydrogen-bond donors (Lipinski definition) is 0. The molecule has 0 radical (unpaired) electrons. The monoisotopic (exact) mass is 155 g/mol. The van der Waals surface area contributed by atoms with Crippen molar-refractivity contribution in [3.05, 3.63) is 0 Å². The van der Waals surface area contributed by atoms with E-state index in [1.54, 1.807) is 0 Å². The lowest BCUT2D eigenvalue weighted by molar-refractivity contribution is -0.180. The molecule has 1 amide bonds. The van der Waals surface area contributed by atoms with Crippen LogP contribution in [0.25, 0.3) is 0 Å². The van der Waals surface area contributed by atoms with E-state index in [9.17, 15) is 9.59 Å². The summed E-state index contributed by atoms with van der Waals surface area (Å²) >= 11 is 0. The number of hydrogen-bond acceptors (Lipinski definition) is 3. The molecule has 0 aromatic carbocycles. The lowest BCUT2D eigenvalue weighted by Crippen LogP contribution is -2.23. The summed E-state index contributed by atoms with van der Waals surface area (Å²) in [5, 5.41) is 1.08. The lowest BCUT2D eigenvalue weighted by Gasteiger charge is -2.08. The van der Waals surface area contributed by atoms with Gasteiger partial charge in [-0.3, -0.25) is 9.59 Å². The van der Waals surface area contributed by atoms with Crippen molar-refractivity contribution in [2.75, 3.05) is 6.54 Å². The van der Waals surface area contributed by atoms with Gasteiger partial charge in [0.1, 0.15) is 0 Å². The average Bonchev–Trinajstić information content (AvgIpc) is 2.18. The number of carbonyl (C=O) groups excluding carboxylic acids is 2. The molecule has 1 fully saturated rings. The van der Waals surface area contributed by atoms with Crippen molar-refractivity contribution in [3.63, 3.8) is 0 Å². The first kappa shape index (κ1) is 9.71. The maximum Gasteiger partial charge on any atom is 0.320 e. The summed E-state index contributed by atoms with van der Waals surface area (Å²) in [4.78, 5) is 24.6. The zero-order valence-electron chi connectivity index (χ0n) is 4.87. The molecule has 1 rings (SSSR count). The van der Waals surface area contributed by atoms with Gasteiger partial charge < -0.3 is 4.84 Å². The maximum atomic E-state index is 10.6. The van der Waals surface area contributed by atoms with Gasteiger partial charge in [0.15, 0.2) is 0 Å². The van der Waals surface area contributed by atoms with Gasteiger partial charge in [-0.25, -0.2) is 0 Å². The van der Waals surface area contributed by atoms with Gasteiger partial charge in [0.2, 0.25) is 0 Å². The van der Waals surface area contributed by atoms with Gasteiger partial charge in [0.05, 0.1) is 6.54 Å². The first-order valence-corrected chi connectivity index (χ1v) is 2.75. The normalized spacial score (nSPS) is 16.4. The molecule has 1 aliphatic rings. The SMILES string of the molecule is O=CON1CCCC1=O.[MgH2]. The minimum Gasteiger partial charge on any atom is -0.342 e. The van der Waals surface area contributed by atoms with Gasteiger partial charge in [-0.05, 0) is 6.42 Å². The number of carbonyl (C=O) groups is 2. The molecular weight excluding hydrogens is 146 g/mol. The van der Waals surface area contributed by atoms with Crippen LogP contribution in [0, 0.1) is 0 Å². The zero-order valence-corrected chi connectivity index (χ0v) is 4.87. The van der Waals surface area contributed by atoms with Crippen molar-refractivity contribution >= 4 is 35.4 Å². The first-order valence-electron chi connectivity index (χ1n) is 2.75. The summed E-state index contributed by atoms with van der Waals surface area (Å²) in [5.41, 5.74) is 0. The van der Waals surface area contributed by atoms with Crippen LogP contribution in [-0.2, 0) is 14.4 Å². The van der Waals surface area contributed by atoms with Gasteiger partial charge >= 0.3 is 29.5 Å². The van der Waals surface area contributed by atoms with Crippen LogP contribution in [0.4, 0.5) is 0 Å². The standard InChI is InChI=1S/C5H7NO3.Mg.2H/c7-4-9-6-3-1-2-5(6)8;;;/h4H,1-3H2;;;. The van der Waals surface area contributed by atoms with E-state index < -0.39 is 0 Å². The van der Waals surface area contributed by atoms with E-state index in [0.29, 0.717) is 13.0 Å². The number of nitrogens with zero attached hydrogens (tertiary/aromatic N) is 1. The first-order chi connectivity index (χ1) is 4.34. The summed E-state index contributed by atoms with van der Waals surface area (Å²) < 4.78 is 0. The number of amides is 1. The molecule has 0 aromatic rings. The third-order valence-electron chi connectivity index (χ3n) is 1.20. The van der Waals surface area contributed by atoms with Crippen molar-refractivity contribution in [1.82, 2.24) is 5.06 Å². The third kappa shape index (κ3) is 2.15. The second-order valence-corrected chi connectivity index (χ2v) is 1.80. The summed E-state index contributed by atoms with van der Waals surface area (Å²) in [6, 6.07) is 0. The second kappa shape index (κ2) is 4.51. The molecule has 1 aliphatic heterocycles. The van der Waals surface area contributed by atoms with Crippen LogP contribution in [0.2, 0.25) is 0 Å². The fourth-order valence-corrected chi connectivity index (χ4v) is 0.787. The Labute approximate surface area is 74.6 Å². The molecule has 10 heavy (non-hydrogen) atoms. The van der Waals surface area contributed by atoms with E-state index in [1.165, 1.54) is 0 Å². The van der Waals surface area contributed by atoms with Crippen LogP contribution in [0.15, 0.2) is 0 Å². The highest BCUT2D eigenvalue weighted by molar-refractivity contribution is 5.77. The van der Waals surface area contributed by atoms with Crippen molar-refractivity contribution in [3.8, 4) is 0 Å². The van der Waals surface area contributed by atoms with Gasteiger partial charge in [0.25, 0.3) is 5.91 Å². The maximum absolute atomic E-state index is 10.6. The Morgan fingerprint density at radius 1 is 1.60 bits per heavy atom. The van der Waals surface area contributed by atoms with Crippen LogP contribution in [0.5, 0.6) is 0 Å². The smallest absolute Gasteiger partial charge is 0.320 e. The molecule has 0 unspecified atom stereocenters. The Hall–Kier alpha value is -0.294. The van der Waals surface area contributed by atoms with Crippen LogP contribution in [0.3, 0.4) is 0 Å². The fourth-order valence-electron chi connectivity index (χ4n) is 0.787. The lowest BCUT2D eigenvalue weighted by atomic mass is 10.4. The Balaban J connectivity index is 0.000000810. The summed E-state index contributed by atoms with van der Waals surface area (Å²) in [6.45, 7) is 0.806. The largest absolute Gasteiger partial charge is 0.342 e. The van der Waals surface area contributed by atoms with Gasteiger partial charge in [0, 0.05) is 6.42 Å². The van der Waals surface area contributed by atoms with Crippen molar-refractivity contribution in [2.45, 2.75) is 12.8 Å². The zero-order chi connectivity index (χ0) is 6.69. The minimum absolute atomic E-state index is 0. The predicted molar refractivity (Wildman–Crippen MR) is 36.6 cm³/mol. The van der Waals surface area contributed by atoms with E-state index >= 15 is 0 Å². The fraction of sp³-hybridized carbons (Fsp3) is 0.600. The Bertz CT molecular complexity index is 139. The molecule has 0 aliphatic carbocycles. The Kier molecular flexibility index (Phi) is 4.38. The van der Waals surface area contributed by atoms with Crippen LogP contribution in [-0.4, -0.2) is 47.0 Å². The van der Waals surface area contributed by atoms with Gasteiger partial charge in [-0.2, -0.15) is 5.06 Å². The second-order valence-electron chi connectivity index (χ2n) is 1.80. The highest BCUT2D eigenvalue weighted by Gasteiger charge is 2.20. The molecule has 0 bridgehead atoms. The van der Waals surface area contributed by atoms with E-state index in [4.69, 9.17) is 0 Å². The molecule has 0 atom stereocenters. The Morgan fingerprint density at radius 3 is 2.70 bits per heavy atom. The van der Waals surface area contributed by atoms with Gasteiger partial charge in [-0.1, -0.05) is 0 Å². The quantitative estimate of drug-likeness (QED) is 0.371. The molecule has 0 N–H and O–H groups in total. The highest BCUT2D eigenvalue weighted by Crippen LogP contribution is 2.07. The highest BCUT2D eigenvalue weighted by atomic mass is 24.3. The molecule has 0 aromatic heterocycles. The van der Waals surface area contributed by atoms with Gasteiger partial charge in [-0.15, -0.1) is 0 Å².